The average molecular weight is 361 g/mol. The topological polar surface area (TPSA) is 21.4 Å². The van der Waals surface area contributed by atoms with Crippen LogP contribution in [0.5, 0.6) is 0 Å². The van der Waals surface area contributed by atoms with E-state index in [-0.39, 0.29) is 0 Å². The van der Waals surface area contributed by atoms with Crippen molar-refractivity contribution in [3.8, 4) is 0 Å². The predicted molar refractivity (Wildman–Crippen MR) is 114 cm³/mol. The molecule has 7 aromatic rings. The molecule has 0 saturated carbocycles. The van der Waals surface area contributed by atoms with Gasteiger partial charge < -0.3 is 8.82 Å². The molecule has 0 bridgehead atoms. The van der Waals surface area contributed by atoms with Gasteiger partial charge in [-0.05, 0) is 36.1 Å². The van der Waals surface area contributed by atoms with Crippen LogP contribution in [0.25, 0.3) is 60.0 Å². The summed E-state index contributed by atoms with van der Waals surface area (Å²) in [4.78, 5) is 0. The van der Waals surface area contributed by atoms with Crippen molar-refractivity contribution < 1.29 is 8.98 Å². The van der Waals surface area contributed by atoms with Crippen molar-refractivity contribution in [1.82, 2.24) is 4.40 Å². The molecule has 0 fully saturated rings. The molecule has 0 N–H and O–H groups in total. The molecular formula is C25H17N2O+. The zero-order chi connectivity index (χ0) is 18.6. The Hall–Kier alpha value is -3.59. The first-order valence-corrected chi connectivity index (χ1v) is 9.60. The second kappa shape index (κ2) is 4.63. The van der Waals surface area contributed by atoms with Crippen LogP contribution in [0.1, 0.15) is 5.56 Å². The smallest absolute Gasteiger partial charge is 0.224 e. The van der Waals surface area contributed by atoms with Crippen molar-refractivity contribution in [3.05, 3.63) is 72.6 Å². The van der Waals surface area contributed by atoms with Crippen LogP contribution in [0.15, 0.2) is 71.5 Å². The van der Waals surface area contributed by atoms with Crippen LogP contribution in [0.2, 0.25) is 0 Å². The fourth-order valence-electron chi connectivity index (χ4n) is 5.14. The highest BCUT2D eigenvalue weighted by molar-refractivity contribution is 6.29. The molecule has 0 spiro atoms. The van der Waals surface area contributed by atoms with Gasteiger partial charge in [0.15, 0.2) is 11.8 Å². The van der Waals surface area contributed by atoms with Gasteiger partial charge in [-0.2, -0.15) is 0 Å². The molecular weight excluding hydrogens is 344 g/mol. The minimum absolute atomic E-state index is 0.953. The molecule has 3 aromatic carbocycles. The first kappa shape index (κ1) is 14.5. The SMILES string of the molecule is Cc1ccc2c3ccccc3n3c2c1c1c2c(cc[n+]1C)cc1ccoc1c23. The van der Waals surface area contributed by atoms with E-state index in [4.69, 9.17) is 4.42 Å². The highest BCUT2D eigenvalue weighted by Gasteiger charge is 2.25. The van der Waals surface area contributed by atoms with E-state index in [1.165, 1.54) is 49.0 Å². The molecule has 0 radical (unpaired) electrons. The minimum atomic E-state index is 0.953. The molecule has 4 heterocycles. The number of pyridine rings is 2. The van der Waals surface area contributed by atoms with E-state index in [9.17, 15) is 0 Å². The van der Waals surface area contributed by atoms with Crippen molar-refractivity contribution in [1.29, 1.82) is 0 Å². The highest BCUT2D eigenvalue weighted by Crippen LogP contribution is 2.42. The van der Waals surface area contributed by atoms with Gasteiger partial charge in [-0.15, -0.1) is 0 Å². The Morgan fingerprint density at radius 2 is 1.75 bits per heavy atom. The van der Waals surface area contributed by atoms with Crippen molar-refractivity contribution >= 4 is 60.0 Å². The van der Waals surface area contributed by atoms with E-state index in [2.05, 4.69) is 83.7 Å². The number of furan rings is 1. The zero-order valence-electron chi connectivity index (χ0n) is 15.7. The van der Waals surface area contributed by atoms with Crippen LogP contribution in [0, 0.1) is 6.92 Å². The lowest BCUT2D eigenvalue weighted by molar-refractivity contribution is -0.643. The Kier molecular flexibility index (Phi) is 2.39. The summed E-state index contributed by atoms with van der Waals surface area (Å²) in [5.41, 5.74) is 7.18. The van der Waals surface area contributed by atoms with Crippen LogP contribution in [0.4, 0.5) is 0 Å². The number of hydrogen-bond acceptors (Lipinski definition) is 1. The largest absolute Gasteiger partial charge is 0.462 e. The van der Waals surface area contributed by atoms with E-state index in [1.54, 1.807) is 6.26 Å². The Morgan fingerprint density at radius 1 is 0.857 bits per heavy atom. The normalized spacial score (nSPS) is 12.6. The lowest BCUT2D eigenvalue weighted by Crippen LogP contribution is -2.28. The van der Waals surface area contributed by atoms with Gasteiger partial charge in [0.25, 0.3) is 0 Å². The van der Waals surface area contributed by atoms with Gasteiger partial charge in [0.1, 0.15) is 12.6 Å². The number of nitrogens with zero attached hydrogens (tertiary/aromatic N) is 2. The minimum Gasteiger partial charge on any atom is -0.462 e. The van der Waals surface area contributed by atoms with Gasteiger partial charge in [0.05, 0.1) is 28.1 Å². The summed E-state index contributed by atoms with van der Waals surface area (Å²) in [6.07, 6.45) is 3.97. The fraction of sp³-hybridized carbons (Fsp3) is 0.0800. The number of fused-ring (bicyclic) bond motifs is 7. The lowest BCUT2D eigenvalue weighted by Gasteiger charge is -2.13. The zero-order valence-corrected chi connectivity index (χ0v) is 15.7. The molecule has 4 aromatic heterocycles. The number of rotatable bonds is 0. The molecule has 0 aliphatic heterocycles. The second-order valence-electron chi connectivity index (χ2n) is 7.81. The van der Waals surface area contributed by atoms with Crippen molar-refractivity contribution in [2.24, 2.45) is 7.05 Å². The van der Waals surface area contributed by atoms with Crippen LogP contribution < -0.4 is 4.57 Å². The molecule has 0 aliphatic rings. The van der Waals surface area contributed by atoms with Gasteiger partial charge >= 0.3 is 0 Å². The maximum atomic E-state index is 6.04. The Morgan fingerprint density at radius 3 is 2.68 bits per heavy atom. The lowest BCUT2D eigenvalue weighted by atomic mass is 9.99. The van der Waals surface area contributed by atoms with Crippen molar-refractivity contribution in [2.45, 2.75) is 6.92 Å². The molecule has 0 aliphatic carbocycles. The number of para-hydroxylation sites is 1. The highest BCUT2D eigenvalue weighted by atomic mass is 16.3. The van der Waals surface area contributed by atoms with Crippen LogP contribution >= 0.6 is 0 Å². The predicted octanol–water partition coefficient (Wildman–Crippen LogP) is 5.87. The van der Waals surface area contributed by atoms with Crippen LogP contribution in [-0.4, -0.2) is 4.40 Å². The van der Waals surface area contributed by atoms with Gasteiger partial charge in [-0.3, -0.25) is 0 Å². The summed E-state index contributed by atoms with van der Waals surface area (Å²) in [5.74, 6) is 0. The molecule has 28 heavy (non-hydrogen) atoms. The van der Waals surface area contributed by atoms with E-state index < -0.39 is 0 Å². The second-order valence-corrected chi connectivity index (χ2v) is 7.81. The third-order valence-electron chi connectivity index (χ3n) is 6.32. The molecule has 132 valence electrons. The van der Waals surface area contributed by atoms with Gasteiger partial charge in [-0.1, -0.05) is 30.3 Å². The quantitative estimate of drug-likeness (QED) is 0.188. The summed E-state index contributed by atoms with van der Waals surface area (Å²) < 4.78 is 10.7. The molecule has 0 amide bonds. The molecule has 0 atom stereocenters. The Balaban J connectivity index is 2.06. The van der Waals surface area contributed by atoms with Gasteiger partial charge in [0, 0.05) is 22.2 Å². The number of aryl methyl sites for hydroxylation is 2. The monoisotopic (exact) mass is 361 g/mol. The summed E-state index contributed by atoms with van der Waals surface area (Å²) in [6.45, 7) is 2.21. The van der Waals surface area contributed by atoms with Crippen LogP contribution in [0.3, 0.4) is 0 Å². The fourth-order valence-corrected chi connectivity index (χ4v) is 5.14. The average Bonchev–Trinajstić information content (AvgIpc) is 3.31. The van der Waals surface area contributed by atoms with E-state index >= 15 is 0 Å². The molecule has 3 nitrogen and oxygen atoms in total. The maximum Gasteiger partial charge on any atom is 0.224 e. The maximum absolute atomic E-state index is 6.04. The molecule has 0 unspecified atom stereocenters. The first-order valence-electron chi connectivity index (χ1n) is 9.60. The van der Waals surface area contributed by atoms with E-state index in [0.29, 0.717) is 0 Å². The third-order valence-corrected chi connectivity index (χ3v) is 6.32. The van der Waals surface area contributed by atoms with Crippen molar-refractivity contribution in [2.75, 3.05) is 0 Å². The Labute approximate surface area is 160 Å². The molecule has 0 saturated heterocycles. The van der Waals surface area contributed by atoms with Crippen molar-refractivity contribution in [3.63, 3.8) is 0 Å². The summed E-state index contributed by atoms with van der Waals surface area (Å²) in [6, 6.07) is 19.7. The Bertz CT molecular complexity index is 1720. The summed E-state index contributed by atoms with van der Waals surface area (Å²) in [7, 11) is 2.14. The van der Waals surface area contributed by atoms with E-state index in [0.717, 1.165) is 16.5 Å². The summed E-state index contributed by atoms with van der Waals surface area (Å²) >= 11 is 0. The standard InChI is InChI=1S/C25H17N2O/c1-14-7-8-18-17-5-3-4-6-19(17)27-22(18)20(14)23-21-15(9-11-26(23)2)13-16-10-12-28-25(16)24(21)27/h3-13H,1-2H3/q+1. The molecule has 3 heteroatoms. The number of benzene rings is 3. The number of aromatic nitrogens is 2. The first-order chi connectivity index (χ1) is 13.7. The van der Waals surface area contributed by atoms with E-state index in [1.807, 2.05) is 0 Å². The van der Waals surface area contributed by atoms with Gasteiger partial charge in [-0.25, -0.2) is 4.57 Å². The summed E-state index contributed by atoms with van der Waals surface area (Å²) in [5, 5.41) is 7.55. The molecule has 7 rings (SSSR count). The van der Waals surface area contributed by atoms with Crippen LogP contribution in [-0.2, 0) is 7.05 Å². The van der Waals surface area contributed by atoms with Gasteiger partial charge in [0.2, 0.25) is 5.52 Å². The third kappa shape index (κ3) is 1.48. The number of hydrogen-bond donors (Lipinski definition) is 0.